The summed E-state index contributed by atoms with van der Waals surface area (Å²) in [5.74, 6) is 2.18. The van der Waals surface area contributed by atoms with Crippen LogP contribution in [0.3, 0.4) is 0 Å². The second-order valence-electron chi connectivity index (χ2n) is 26.7. The van der Waals surface area contributed by atoms with Gasteiger partial charge >= 0.3 is 7.82 Å². The lowest BCUT2D eigenvalue weighted by Crippen LogP contribution is -2.14. The Morgan fingerprint density at radius 3 is 0.558 bits per heavy atom. The molecule has 0 aliphatic rings. The van der Waals surface area contributed by atoms with E-state index < -0.39 is 7.82 Å². The number of hydrogen-bond donors (Lipinski definition) is 0. The Morgan fingerprint density at radius 2 is 0.372 bits per heavy atom. The molecule has 0 unspecified atom stereocenters. The van der Waals surface area contributed by atoms with E-state index in [1.54, 1.807) is 0 Å². The van der Waals surface area contributed by atoms with Crippen molar-refractivity contribution in [2.75, 3.05) is 0 Å². The molecule has 0 heterocycles. The molecule has 0 saturated heterocycles. The molecule has 3 rings (SSSR count). The fraction of sp³-hybridized carbons (Fsp3) is 0.778. The van der Waals surface area contributed by atoms with Gasteiger partial charge in [-0.1, -0.05) is 312 Å². The third-order valence-electron chi connectivity index (χ3n) is 18.9. The van der Waals surface area contributed by atoms with Gasteiger partial charge in [0.2, 0.25) is 0 Å². The van der Waals surface area contributed by atoms with Crippen molar-refractivity contribution in [3.8, 4) is 17.2 Å². The molecule has 0 radical (unpaired) electrons. The van der Waals surface area contributed by atoms with Crippen LogP contribution >= 0.6 is 7.82 Å². The summed E-state index contributed by atoms with van der Waals surface area (Å²) in [7, 11) is -4.44. The lowest BCUT2D eigenvalue weighted by atomic mass is 9.89. The Bertz CT molecular complexity index is 1900. The third kappa shape index (κ3) is 32.9. The Morgan fingerprint density at radius 1 is 0.209 bits per heavy atom. The van der Waals surface area contributed by atoms with Crippen LogP contribution in [0.15, 0.2) is 36.4 Å². The fourth-order valence-corrected chi connectivity index (χ4v) is 14.8. The van der Waals surface area contributed by atoms with E-state index in [9.17, 15) is 0 Å². The molecule has 4 nitrogen and oxygen atoms in total. The van der Waals surface area contributed by atoms with Crippen LogP contribution in [0.2, 0.25) is 0 Å². The second kappa shape index (κ2) is 52.0. The van der Waals surface area contributed by atoms with Crippen LogP contribution < -0.4 is 13.6 Å². The second-order valence-corrected chi connectivity index (χ2v) is 28.2. The topological polar surface area (TPSA) is 44.8 Å². The van der Waals surface area contributed by atoms with E-state index in [1.807, 2.05) is 0 Å². The van der Waals surface area contributed by atoms with Crippen LogP contribution in [-0.4, -0.2) is 0 Å². The maximum atomic E-state index is 17.2. The summed E-state index contributed by atoms with van der Waals surface area (Å²) in [5.41, 5.74) is 12.6. The molecule has 3 aromatic rings. The van der Waals surface area contributed by atoms with Gasteiger partial charge in [-0.2, -0.15) is 4.57 Å². The molecule has 0 atom stereocenters. The van der Waals surface area contributed by atoms with Crippen molar-refractivity contribution in [2.24, 2.45) is 0 Å². The highest BCUT2D eigenvalue weighted by Gasteiger charge is 2.37. The number of benzene rings is 3. The van der Waals surface area contributed by atoms with E-state index in [0.717, 1.165) is 94.3 Å². The van der Waals surface area contributed by atoms with Crippen molar-refractivity contribution in [2.45, 2.75) is 409 Å². The first kappa shape index (κ1) is 77.5. The Hall–Kier alpha value is -2.71. The monoisotopic (exact) mass is 1210 g/mol. The largest absolute Gasteiger partial charge is 0.647 e. The molecule has 3 aromatic carbocycles. The van der Waals surface area contributed by atoms with Crippen LogP contribution in [-0.2, 0) is 62.4 Å². The Labute approximate surface area is 535 Å². The van der Waals surface area contributed by atoms with Crippen LogP contribution in [0.5, 0.6) is 17.2 Å². The summed E-state index contributed by atoms with van der Waals surface area (Å²) < 4.78 is 39.5. The first-order valence-electron chi connectivity index (χ1n) is 38.4. The molecular weight excluding hydrogens is 1070 g/mol. The number of unbranched alkanes of at least 4 members (excludes halogenated alkanes) is 36. The predicted octanol–water partition coefficient (Wildman–Crippen LogP) is 27.9. The number of hydrogen-bond acceptors (Lipinski definition) is 4. The van der Waals surface area contributed by atoms with Crippen LogP contribution in [0.25, 0.3) is 0 Å². The average molecular weight is 1210 g/mol. The fourth-order valence-electron chi connectivity index (χ4n) is 13.5. The first-order valence-corrected chi connectivity index (χ1v) is 39.8. The van der Waals surface area contributed by atoms with E-state index >= 15 is 4.57 Å². The van der Waals surface area contributed by atoms with Crippen LogP contribution in [0.1, 0.15) is 401 Å². The maximum Gasteiger partial charge on any atom is 0.647 e. The van der Waals surface area contributed by atoms with E-state index in [-0.39, 0.29) is 0 Å². The molecule has 0 N–H and O–H groups in total. The molecule has 5 heteroatoms. The highest BCUT2D eigenvalue weighted by Crippen LogP contribution is 2.54. The summed E-state index contributed by atoms with van der Waals surface area (Å²) in [6, 6.07) is 13.7. The molecule has 494 valence electrons. The summed E-state index contributed by atoms with van der Waals surface area (Å²) in [5, 5.41) is 0. The minimum atomic E-state index is -4.44. The zero-order valence-corrected chi connectivity index (χ0v) is 59.6. The first-order chi connectivity index (χ1) is 42.3. The van der Waals surface area contributed by atoms with Crippen molar-refractivity contribution in [1.29, 1.82) is 0 Å². The third-order valence-corrected chi connectivity index (χ3v) is 20.2. The van der Waals surface area contributed by atoms with Crippen molar-refractivity contribution in [1.82, 2.24) is 0 Å². The van der Waals surface area contributed by atoms with Crippen LogP contribution in [0.4, 0.5) is 0 Å². The lowest BCUT2D eigenvalue weighted by molar-refractivity contribution is 0.294. The molecule has 0 aliphatic heterocycles. The number of aryl methyl sites for hydroxylation is 3. The minimum absolute atomic E-state index is 0.726. The zero-order valence-electron chi connectivity index (χ0n) is 58.7. The van der Waals surface area contributed by atoms with Gasteiger partial charge in [-0.15, -0.1) is 0 Å². The van der Waals surface area contributed by atoms with Gasteiger partial charge in [-0.05, 0) is 184 Å². The summed E-state index contributed by atoms with van der Waals surface area (Å²) >= 11 is 0. The standard InChI is InChI=1S/C81H141O4P/c1-10-19-28-37-46-55-70-64-67-79(76(61-52-43-34-25-16-7)73(70)58-49-40-31-22-13-4)83-86(82,84-80-68-65-71(56-47-38-29-20-11-2)74(59-50-41-32-23-14-5)77(80)62-53-44-35-26-17-8)85-81-69-66-72(57-48-39-30-21-12-3)75(60-51-42-33-24-15-6)78(81)63-54-45-36-27-18-9/h64-69H,10-63H2,1-9H3. The Kier molecular flexibility index (Phi) is 46.9. The molecule has 0 aromatic heterocycles. The van der Waals surface area contributed by atoms with Crippen molar-refractivity contribution < 1.29 is 18.1 Å². The van der Waals surface area contributed by atoms with Gasteiger partial charge in [0, 0.05) is 0 Å². The van der Waals surface area contributed by atoms with Gasteiger partial charge in [0.1, 0.15) is 17.2 Å². The highest BCUT2D eigenvalue weighted by molar-refractivity contribution is 7.49. The van der Waals surface area contributed by atoms with Crippen molar-refractivity contribution in [3.05, 3.63) is 86.5 Å². The van der Waals surface area contributed by atoms with E-state index in [1.165, 1.54) is 320 Å². The average Bonchev–Trinajstić information content (AvgIpc) is 1.76. The van der Waals surface area contributed by atoms with Gasteiger partial charge < -0.3 is 13.6 Å². The molecule has 0 saturated carbocycles. The van der Waals surface area contributed by atoms with E-state index in [4.69, 9.17) is 13.6 Å². The quantitative estimate of drug-likeness (QED) is 0.0417. The molecule has 0 fully saturated rings. The SMILES string of the molecule is CCCCCCCc1ccc(OP(=O)(Oc2ccc(CCCCCCC)c(CCCCCCC)c2CCCCCCC)Oc2ccc(CCCCCCC)c(CCCCCCC)c2CCCCCCC)c(CCCCCCC)c1CCCCCCC. The van der Waals surface area contributed by atoms with Crippen molar-refractivity contribution in [3.63, 3.8) is 0 Å². The van der Waals surface area contributed by atoms with Gasteiger partial charge in [-0.3, -0.25) is 0 Å². The van der Waals surface area contributed by atoms with Gasteiger partial charge in [-0.25, -0.2) is 0 Å². The lowest BCUT2D eigenvalue weighted by Gasteiger charge is -2.27. The molecule has 0 amide bonds. The molecule has 0 aliphatic carbocycles. The number of phosphoric acid groups is 1. The number of rotatable bonds is 60. The molecule has 0 bridgehead atoms. The van der Waals surface area contributed by atoms with E-state index in [2.05, 4.69) is 98.7 Å². The summed E-state index contributed by atoms with van der Waals surface area (Å²) in [6.07, 6.45) is 64.9. The zero-order chi connectivity index (χ0) is 62.0. The summed E-state index contributed by atoms with van der Waals surface area (Å²) in [4.78, 5) is 0. The van der Waals surface area contributed by atoms with Gasteiger partial charge in [0.05, 0.1) is 0 Å². The summed E-state index contributed by atoms with van der Waals surface area (Å²) in [6.45, 7) is 20.9. The Balaban J connectivity index is 2.48. The predicted molar refractivity (Wildman–Crippen MR) is 381 cm³/mol. The normalized spacial score (nSPS) is 11.8. The number of phosphoric ester groups is 1. The van der Waals surface area contributed by atoms with E-state index in [0.29, 0.717) is 0 Å². The molecule has 86 heavy (non-hydrogen) atoms. The van der Waals surface area contributed by atoms with Gasteiger partial charge in [0.25, 0.3) is 0 Å². The van der Waals surface area contributed by atoms with Crippen LogP contribution in [0, 0.1) is 0 Å². The minimum Gasteiger partial charge on any atom is -0.386 e. The van der Waals surface area contributed by atoms with Crippen molar-refractivity contribution >= 4 is 7.82 Å². The molecular formula is C81H141O4P. The molecule has 0 spiro atoms. The maximum absolute atomic E-state index is 17.2. The highest BCUT2D eigenvalue weighted by atomic mass is 31.2. The van der Waals surface area contributed by atoms with Gasteiger partial charge in [0.15, 0.2) is 0 Å². The smallest absolute Gasteiger partial charge is 0.386 e.